The molecule has 106 valence electrons. The predicted octanol–water partition coefficient (Wildman–Crippen LogP) is 2.71. The second kappa shape index (κ2) is 5.46. The molecule has 1 saturated carbocycles. The van der Waals surface area contributed by atoms with Crippen LogP contribution < -0.4 is 5.32 Å². The van der Waals surface area contributed by atoms with E-state index in [4.69, 9.17) is 0 Å². The Morgan fingerprint density at radius 2 is 2.00 bits per heavy atom. The van der Waals surface area contributed by atoms with Gasteiger partial charge in [-0.05, 0) is 36.5 Å². The van der Waals surface area contributed by atoms with Gasteiger partial charge in [-0.25, -0.2) is 4.39 Å². The van der Waals surface area contributed by atoms with E-state index in [1.807, 2.05) is 0 Å². The molecule has 0 amide bonds. The summed E-state index contributed by atoms with van der Waals surface area (Å²) in [6.45, 7) is 0.207. The number of aliphatic hydroxyl groups excluding tert-OH is 1. The van der Waals surface area contributed by atoms with Crippen LogP contribution in [0, 0.1) is 11.7 Å². The van der Waals surface area contributed by atoms with Crippen molar-refractivity contribution in [1.29, 1.82) is 0 Å². The molecule has 0 saturated heterocycles. The van der Waals surface area contributed by atoms with E-state index in [-0.39, 0.29) is 24.6 Å². The first-order valence-electron chi connectivity index (χ1n) is 6.12. The van der Waals surface area contributed by atoms with Gasteiger partial charge >= 0.3 is 6.18 Å². The van der Waals surface area contributed by atoms with Gasteiger partial charge in [-0.2, -0.15) is 13.2 Å². The lowest BCUT2D eigenvalue weighted by Gasteiger charge is -2.15. The van der Waals surface area contributed by atoms with E-state index in [0.29, 0.717) is 6.07 Å². The summed E-state index contributed by atoms with van der Waals surface area (Å²) in [5, 5.41) is 12.4. The summed E-state index contributed by atoms with van der Waals surface area (Å²) >= 11 is 0. The van der Waals surface area contributed by atoms with Gasteiger partial charge in [0.05, 0.1) is 11.7 Å². The maximum Gasteiger partial charge on any atom is 0.416 e. The number of nitrogens with one attached hydrogen (secondary N) is 1. The maximum atomic E-state index is 12.9. The summed E-state index contributed by atoms with van der Waals surface area (Å²) in [6, 6.07) is 2.62. The van der Waals surface area contributed by atoms with Crippen molar-refractivity contribution >= 4 is 0 Å². The summed E-state index contributed by atoms with van der Waals surface area (Å²) in [7, 11) is 0. The molecule has 19 heavy (non-hydrogen) atoms. The molecule has 0 aliphatic heterocycles. The van der Waals surface area contributed by atoms with E-state index < -0.39 is 23.7 Å². The van der Waals surface area contributed by atoms with Crippen molar-refractivity contribution in [2.75, 3.05) is 6.54 Å². The highest BCUT2D eigenvalue weighted by Crippen LogP contribution is 2.33. The molecule has 0 bridgehead atoms. The minimum Gasteiger partial charge on any atom is -0.392 e. The van der Waals surface area contributed by atoms with Crippen LogP contribution in [0.1, 0.15) is 24.0 Å². The summed E-state index contributed by atoms with van der Waals surface area (Å²) in [4.78, 5) is 0. The molecule has 0 aromatic heterocycles. The van der Waals surface area contributed by atoms with Crippen molar-refractivity contribution in [1.82, 2.24) is 5.32 Å². The van der Waals surface area contributed by atoms with E-state index >= 15 is 0 Å². The third kappa shape index (κ3) is 3.91. The zero-order valence-corrected chi connectivity index (χ0v) is 10.2. The van der Waals surface area contributed by atoms with Crippen molar-refractivity contribution in [3.63, 3.8) is 0 Å². The Labute approximate surface area is 108 Å². The minimum absolute atomic E-state index is 0.0168. The van der Waals surface area contributed by atoms with Crippen LogP contribution in [-0.4, -0.2) is 17.8 Å². The zero-order chi connectivity index (χ0) is 14.0. The standard InChI is InChI=1S/C13H15F4NO/c14-10-4-3-9(11(5-10)13(15,16)17)6-18-7-12(19)8-1-2-8/h3-5,8,12,18-19H,1-2,6-7H2. The molecule has 2 N–H and O–H groups in total. The fourth-order valence-electron chi connectivity index (χ4n) is 1.97. The van der Waals surface area contributed by atoms with Crippen molar-refractivity contribution in [3.05, 3.63) is 35.1 Å². The minimum atomic E-state index is -4.58. The van der Waals surface area contributed by atoms with Gasteiger partial charge in [0.2, 0.25) is 0 Å². The number of hydrogen-bond acceptors (Lipinski definition) is 2. The molecule has 6 heteroatoms. The molecular weight excluding hydrogens is 262 g/mol. The van der Waals surface area contributed by atoms with E-state index in [2.05, 4.69) is 5.32 Å². The first-order chi connectivity index (χ1) is 8.88. The molecule has 2 nitrogen and oxygen atoms in total. The van der Waals surface area contributed by atoms with Gasteiger partial charge in [-0.15, -0.1) is 0 Å². The monoisotopic (exact) mass is 277 g/mol. The van der Waals surface area contributed by atoms with Crippen molar-refractivity contribution in [2.45, 2.75) is 31.7 Å². The van der Waals surface area contributed by atoms with Gasteiger partial charge in [0.25, 0.3) is 0 Å². The molecule has 1 aliphatic rings. The molecular formula is C13H15F4NO. The average Bonchev–Trinajstić information content (AvgIpc) is 3.13. The molecule has 1 aromatic carbocycles. The molecule has 2 rings (SSSR count). The van der Waals surface area contributed by atoms with Crippen LogP contribution in [0.25, 0.3) is 0 Å². The smallest absolute Gasteiger partial charge is 0.392 e. The van der Waals surface area contributed by atoms with Gasteiger partial charge in [0, 0.05) is 13.1 Å². The Balaban J connectivity index is 1.98. The van der Waals surface area contributed by atoms with E-state index in [1.165, 1.54) is 0 Å². The fourth-order valence-corrected chi connectivity index (χ4v) is 1.97. The van der Waals surface area contributed by atoms with Crippen LogP contribution >= 0.6 is 0 Å². The number of halogens is 4. The second-order valence-electron chi connectivity index (χ2n) is 4.83. The molecule has 0 heterocycles. The van der Waals surface area contributed by atoms with E-state index in [9.17, 15) is 22.7 Å². The molecule has 1 aliphatic carbocycles. The van der Waals surface area contributed by atoms with Crippen LogP contribution in [0.3, 0.4) is 0 Å². The normalized spacial score (nSPS) is 17.5. The summed E-state index contributed by atoms with van der Waals surface area (Å²) < 4.78 is 51.0. The number of aliphatic hydroxyl groups is 1. The average molecular weight is 277 g/mol. The van der Waals surface area contributed by atoms with Gasteiger partial charge in [-0.3, -0.25) is 0 Å². The first-order valence-corrected chi connectivity index (χ1v) is 6.12. The highest BCUT2D eigenvalue weighted by Gasteiger charge is 2.34. The number of alkyl halides is 3. The molecule has 1 atom stereocenters. The number of rotatable bonds is 5. The fraction of sp³-hybridized carbons (Fsp3) is 0.538. The second-order valence-corrected chi connectivity index (χ2v) is 4.83. The van der Waals surface area contributed by atoms with Crippen LogP contribution in [0.2, 0.25) is 0 Å². The first kappa shape index (κ1) is 14.3. The van der Waals surface area contributed by atoms with Crippen LogP contribution in [-0.2, 0) is 12.7 Å². The van der Waals surface area contributed by atoms with Gasteiger partial charge in [0.1, 0.15) is 5.82 Å². The predicted molar refractivity (Wildman–Crippen MR) is 61.8 cm³/mol. The van der Waals surface area contributed by atoms with Gasteiger partial charge in [0.15, 0.2) is 0 Å². The summed E-state index contributed by atoms with van der Waals surface area (Å²) in [6.07, 6.45) is -3.16. The van der Waals surface area contributed by atoms with Crippen molar-refractivity contribution in [2.24, 2.45) is 5.92 Å². The Morgan fingerprint density at radius 1 is 1.32 bits per heavy atom. The molecule has 1 unspecified atom stereocenters. The van der Waals surface area contributed by atoms with E-state index in [0.717, 1.165) is 25.0 Å². The molecule has 1 aromatic rings. The highest BCUT2D eigenvalue weighted by molar-refractivity contribution is 5.30. The van der Waals surface area contributed by atoms with Gasteiger partial charge in [-0.1, -0.05) is 6.07 Å². The lowest BCUT2D eigenvalue weighted by molar-refractivity contribution is -0.138. The van der Waals surface area contributed by atoms with Gasteiger partial charge < -0.3 is 10.4 Å². The largest absolute Gasteiger partial charge is 0.416 e. The zero-order valence-electron chi connectivity index (χ0n) is 10.2. The third-order valence-corrected chi connectivity index (χ3v) is 3.21. The number of hydrogen-bond donors (Lipinski definition) is 2. The number of benzene rings is 1. The molecule has 1 fully saturated rings. The topological polar surface area (TPSA) is 32.3 Å². The Kier molecular flexibility index (Phi) is 4.10. The highest BCUT2D eigenvalue weighted by atomic mass is 19.4. The third-order valence-electron chi connectivity index (χ3n) is 3.21. The Hall–Kier alpha value is -1.14. The summed E-state index contributed by atoms with van der Waals surface area (Å²) in [5.41, 5.74) is -0.988. The quantitative estimate of drug-likeness (QED) is 0.811. The van der Waals surface area contributed by atoms with Crippen LogP contribution in [0.4, 0.5) is 17.6 Å². The van der Waals surface area contributed by atoms with Crippen LogP contribution in [0.5, 0.6) is 0 Å². The lowest BCUT2D eigenvalue weighted by Crippen LogP contribution is -2.28. The van der Waals surface area contributed by atoms with E-state index in [1.54, 1.807) is 0 Å². The molecule has 0 spiro atoms. The van der Waals surface area contributed by atoms with Crippen molar-refractivity contribution in [3.8, 4) is 0 Å². The maximum absolute atomic E-state index is 12.9. The summed E-state index contributed by atoms with van der Waals surface area (Å²) in [5.74, 6) is -0.642. The SMILES string of the molecule is OC(CNCc1ccc(F)cc1C(F)(F)F)C1CC1. The molecule has 0 radical (unpaired) electrons. The Morgan fingerprint density at radius 3 is 2.58 bits per heavy atom. The van der Waals surface area contributed by atoms with Crippen LogP contribution in [0.15, 0.2) is 18.2 Å². The van der Waals surface area contributed by atoms with Crippen molar-refractivity contribution < 1.29 is 22.7 Å². The Bertz CT molecular complexity index is 443. The lowest BCUT2D eigenvalue weighted by atomic mass is 10.1.